The number of H-pyrrole nitrogens is 1. The van der Waals surface area contributed by atoms with E-state index in [1.54, 1.807) is 31.5 Å². The lowest BCUT2D eigenvalue weighted by atomic mass is 9.93. The molecule has 1 unspecified atom stereocenters. The average Bonchev–Trinajstić information content (AvgIpc) is 3.28. The van der Waals surface area contributed by atoms with E-state index in [0.29, 0.717) is 5.69 Å². The molecular weight excluding hydrogens is 418 g/mol. The van der Waals surface area contributed by atoms with Crippen LogP contribution in [0.2, 0.25) is 0 Å². The number of aromatic amines is 1. The van der Waals surface area contributed by atoms with Crippen molar-refractivity contribution in [1.29, 1.82) is 0 Å². The molecule has 32 heavy (non-hydrogen) atoms. The first kappa shape index (κ1) is 20.1. The molecular formula is C23H18F2N4O3. The predicted molar refractivity (Wildman–Crippen MR) is 112 cm³/mol. The van der Waals surface area contributed by atoms with E-state index in [1.165, 1.54) is 12.3 Å². The second-order valence-electron chi connectivity index (χ2n) is 7.57. The zero-order valence-electron chi connectivity index (χ0n) is 16.8. The summed E-state index contributed by atoms with van der Waals surface area (Å²) in [6.45, 7) is 1.58. The van der Waals surface area contributed by atoms with E-state index in [2.05, 4.69) is 20.3 Å². The van der Waals surface area contributed by atoms with Crippen LogP contribution >= 0.6 is 0 Å². The maximum Gasteiger partial charge on any atom is 0.253 e. The summed E-state index contributed by atoms with van der Waals surface area (Å²) in [5, 5.41) is 14.0. The lowest BCUT2D eigenvalue weighted by molar-refractivity contribution is 0.00133. The molecule has 0 saturated heterocycles. The van der Waals surface area contributed by atoms with Gasteiger partial charge in [-0.25, -0.2) is 13.8 Å². The number of fused-ring (bicyclic) bond motifs is 2. The van der Waals surface area contributed by atoms with Gasteiger partial charge in [0.05, 0.1) is 22.9 Å². The highest BCUT2D eigenvalue weighted by Gasteiger charge is 2.39. The van der Waals surface area contributed by atoms with Gasteiger partial charge in [-0.05, 0) is 43.3 Å². The molecule has 3 N–H and O–H groups in total. The summed E-state index contributed by atoms with van der Waals surface area (Å²) in [4.78, 5) is 24.5. The standard InChI is InChI=1S/C23H18F2N4O3/c1-11-21(30)20(18-17(32-11)5-3-15(24)19(18)25)29-23(31)12-2-4-16(28-10-12)13-6-8-26-22-14(13)7-9-27-22/h2-11,20-21,30H,1H3,(H,26,27)(H,29,31)/t11-,20?,21+/m0/s1. The van der Waals surface area contributed by atoms with Crippen LogP contribution in [0.15, 0.2) is 55.0 Å². The minimum absolute atomic E-state index is 0.0775. The van der Waals surface area contributed by atoms with Gasteiger partial charge in [0.25, 0.3) is 5.91 Å². The second-order valence-corrected chi connectivity index (χ2v) is 7.57. The number of hydrogen-bond acceptors (Lipinski definition) is 5. The fourth-order valence-electron chi connectivity index (χ4n) is 3.91. The van der Waals surface area contributed by atoms with Gasteiger partial charge in [0, 0.05) is 29.5 Å². The Morgan fingerprint density at radius 2 is 2.00 bits per heavy atom. The van der Waals surface area contributed by atoms with Crippen molar-refractivity contribution in [2.75, 3.05) is 0 Å². The van der Waals surface area contributed by atoms with Crippen LogP contribution < -0.4 is 10.1 Å². The van der Waals surface area contributed by atoms with Crippen molar-refractivity contribution in [1.82, 2.24) is 20.3 Å². The molecule has 4 aromatic rings. The topological polar surface area (TPSA) is 100 Å². The molecule has 4 heterocycles. The Kier molecular flexibility index (Phi) is 4.82. The number of ether oxygens (including phenoxy) is 1. The maximum atomic E-state index is 14.5. The normalized spacial score (nSPS) is 19.9. The molecule has 0 spiro atoms. The van der Waals surface area contributed by atoms with E-state index in [9.17, 15) is 18.7 Å². The predicted octanol–water partition coefficient (Wildman–Crippen LogP) is 3.52. The highest BCUT2D eigenvalue weighted by Crippen LogP contribution is 2.38. The number of aliphatic hydroxyl groups is 1. The number of benzene rings is 1. The lowest BCUT2D eigenvalue weighted by Gasteiger charge is -2.35. The Bertz CT molecular complexity index is 1320. The van der Waals surface area contributed by atoms with Crippen LogP contribution in [0.4, 0.5) is 8.78 Å². The third-order valence-electron chi connectivity index (χ3n) is 5.59. The number of aliphatic hydroxyl groups excluding tert-OH is 1. The van der Waals surface area contributed by atoms with Gasteiger partial charge in [-0.2, -0.15) is 0 Å². The number of nitrogens with one attached hydrogen (secondary N) is 2. The first-order valence-electron chi connectivity index (χ1n) is 9.96. The summed E-state index contributed by atoms with van der Waals surface area (Å²) in [6, 6.07) is 8.02. The highest BCUT2D eigenvalue weighted by atomic mass is 19.2. The summed E-state index contributed by atoms with van der Waals surface area (Å²) >= 11 is 0. The largest absolute Gasteiger partial charge is 0.487 e. The van der Waals surface area contributed by atoms with Crippen LogP contribution in [0.3, 0.4) is 0 Å². The van der Waals surface area contributed by atoms with Crippen molar-refractivity contribution < 1.29 is 23.4 Å². The molecule has 0 aliphatic carbocycles. The van der Waals surface area contributed by atoms with Gasteiger partial charge in [0.2, 0.25) is 0 Å². The van der Waals surface area contributed by atoms with Gasteiger partial charge >= 0.3 is 0 Å². The van der Waals surface area contributed by atoms with E-state index in [0.717, 1.165) is 22.7 Å². The lowest BCUT2D eigenvalue weighted by Crippen LogP contribution is -2.47. The van der Waals surface area contributed by atoms with E-state index >= 15 is 0 Å². The van der Waals surface area contributed by atoms with Crippen LogP contribution in [0.25, 0.3) is 22.3 Å². The van der Waals surface area contributed by atoms with E-state index in [1.807, 2.05) is 12.1 Å². The van der Waals surface area contributed by atoms with Gasteiger partial charge in [-0.15, -0.1) is 0 Å². The third kappa shape index (κ3) is 3.27. The molecule has 5 rings (SSSR count). The molecule has 0 saturated carbocycles. The van der Waals surface area contributed by atoms with Crippen molar-refractivity contribution in [2.24, 2.45) is 0 Å². The van der Waals surface area contributed by atoms with Crippen LogP contribution in [0.1, 0.15) is 28.9 Å². The molecule has 9 heteroatoms. The number of nitrogens with zero attached hydrogens (tertiary/aromatic N) is 2. The van der Waals surface area contributed by atoms with Gasteiger partial charge < -0.3 is 20.1 Å². The van der Waals surface area contributed by atoms with Crippen molar-refractivity contribution in [3.05, 3.63) is 77.8 Å². The summed E-state index contributed by atoms with van der Waals surface area (Å²) in [5.74, 6) is -2.76. The number of hydrogen-bond donors (Lipinski definition) is 3. The molecule has 162 valence electrons. The second kappa shape index (κ2) is 7.69. The van der Waals surface area contributed by atoms with Crippen molar-refractivity contribution in [3.8, 4) is 17.0 Å². The maximum absolute atomic E-state index is 14.5. The van der Waals surface area contributed by atoms with E-state index in [4.69, 9.17) is 4.74 Å². The number of pyridine rings is 2. The van der Waals surface area contributed by atoms with E-state index < -0.39 is 35.8 Å². The molecule has 3 atom stereocenters. The van der Waals surface area contributed by atoms with Crippen LogP contribution in [0, 0.1) is 11.6 Å². The number of halogens is 2. The van der Waals surface area contributed by atoms with Crippen molar-refractivity contribution >= 4 is 16.9 Å². The Morgan fingerprint density at radius 3 is 2.78 bits per heavy atom. The molecule has 3 aromatic heterocycles. The Morgan fingerprint density at radius 1 is 1.16 bits per heavy atom. The van der Waals surface area contributed by atoms with Gasteiger partial charge in [0.15, 0.2) is 11.6 Å². The molecule has 1 aliphatic heterocycles. The molecule has 1 amide bonds. The minimum Gasteiger partial charge on any atom is -0.487 e. The minimum atomic E-state index is -1.27. The summed E-state index contributed by atoms with van der Waals surface area (Å²) in [5.41, 5.74) is 2.20. The number of carbonyl (C=O) groups is 1. The van der Waals surface area contributed by atoms with Crippen molar-refractivity contribution in [3.63, 3.8) is 0 Å². The number of carbonyl (C=O) groups excluding carboxylic acids is 1. The van der Waals surface area contributed by atoms with Crippen molar-refractivity contribution in [2.45, 2.75) is 25.2 Å². The molecule has 0 fully saturated rings. The molecule has 0 bridgehead atoms. The van der Waals surface area contributed by atoms with Gasteiger partial charge in [-0.3, -0.25) is 9.78 Å². The summed E-state index contributed by atoms with van der Waals surface area (Å²) in [7, 11) is 0. The molecule has 7 nitrogen and oxygen atoms in total. The van der Waals surface area contributed by atoms with Crippen LogP contribution in [0.5, 0.6) is 5.75 Å². The van der Waals surface area contributed by atoms with E-state index in [-0.39, 0.29) is 16.9 Å². The van der Waals surface area contributed by atoms with Gasteiger partial charge in [0.1, 0.15) is 23.6 Å². The zero-order chi connectivity index (χ0) is 22.4. The molecule has 0 radical (unpaired) electrons. The fraction of sp³-hybridized carbons (Fsp3) is 0.174. The monoisotopic (exact) mass is 436 g/mol. The first-order chi connectivity index (χ1) is 15.4. The number of amides is 1. The third-order valence-corrected chi connectivity index (χ3v) is 5.59. The highest BCUT2D eigenvalue weighted by molar-refractivity contribution is 5.95. The Balaban J connectivity index is 1.43. The van der Waals surface area contributed by atoms with Crippen LogP contribution in [-0.4, -0.2) is 38.2 Å². The summed E-state index contributed by atoms with van der Waals surface area (Å²) < 4.78 is 33.8. The van der Waals surface area contributed by atoms with Crippen LogP contribution in [-0.2, 0) is 0 Å². The number of aromatic nitrogens is 3. The Hall–Kier alpha value is -3.85. The first-order valence-corrected chi connectivity index (χ1v) is 9.96. The quantitative estimate of drug-likeness (QED) is 0.456. The average molecular weight is 436 g/mol. The molecule has 1 aliphatic rings. The Labute approximate surface area is 181 Å². The van der Waals surface area contributed by atoms with Gasteiger partial charge in [-0.1, -0.05) is 0 Å². The molecule has 1 aromatic carbocycles. The zero-order valence-corrected chi connectivity index (χ0v) is 16.8. The summed E-state index contributed by atoms with van der Waals surface area (Å²) in [6.07, 6.45) is 2.84. The smallest absolute Gasteiger partial charge is 0.253 e. The number of rotatable bonds is 3. The SMILES string of the molecule is C[C@@H]1Oc2ccc(F)c(F)c2C(NC(=O)c2ccc(-c3ccnc4[nH]ccc34)nc2)[C@@H]1O. The fourth-order valence-corrected chi connectivity index (χ4v) is 3.91.